The van der Waals surface area contributed by atoms with Gasteiger partial charge in [0.05, 0.1) is 11.3 Å². The van der Waals surface area contributed by atoms with Crippen LogP contribution in [0.2, 0.25) is 0 Å². The molecule has 0 bridgehead atoms. The minimum absolute atomic E-state index is 0.522. The summed E-state index contributed by atoms with van der Waals surface area (Å²) in [4.78, 5) is 2.37. The molecule has 0 saturated carbocycles. The molecule has 1 atom stereocenters. The average molecular weight is 266 g/mol. The van der Waals surface area contributed by atoms with Gasteiger partial charge in [-0.1, -0.05) is 0 Å². The van der Waals surface area contributed by atoms with Crippen molar-refractivity contribution in [2.24, 2.45) is 7.05 Å². The molecule has 1 unspecified atom stereocenters. The standard InChI is InChI=1S/C14H26N4O/c1-11-12(10-15-3)13(17(4)16-11)18-8-5-6-14(2,19)7-9-18/h15,19H,5-10H2,1-4H3. The average Bonchev–Trinajstić information content (AvgIpc) is 2.49. The number of rotatable bonds is 3. The topological polar surface area (TPSA) is 53.3 Å². The molecule has 2 heterocycles. The van der Waals surface area contributed by atoms with Gasteiger partial charge in [0, 0.05) is 32.2 Å². The van der Waals surface area contributed by atoms with E-state index >= 15 is 0 Å². The molecule has 0 aliphatic carbocycles. The zero-order chi connectivity index (χ0) is 14.0. The molecule has 0 radical (unpaired) electrons. The van der Waals surface area contributed by atoms with Gasteiger partial charge in [-0.2, -0.15) is 5.10 Å². The zero-order valence-electron chi connectivity index (χ0n) is 12.5. The number of nitrogens with one attached hydrogen (secondary N) is 1. The molecule has 1 aliphatic rings. The van der Waals surface area contributed by atoms with Crippen molar-refractivity contribution in [3.05, 3.63) is 11.3 Å². The lowest BCUT2D eigenvalue weighted by atomic mass is 9.98. The summed E-state index contributed by atoms with van der Waals surface area (Å²) in [6, 6.07) is 0. The number of hydrogen-bond acceptors (Lipinski definition) is 4. The van der Waals surface area contributed by atoms with E-state index in [0.717, 1.165) is 44.6 Å². The molecule has 2 N–H and O–H groups in total. The monoisotopic (exact) mass is 266 g/mol. The fourth-order valence-electron chi connectivity index (χ4n) is 2.94. The number of aromatic nitrogens is 2. The van der Waals surface area contributed by atoms with Crippen molar-refractivity contribution in [2.75, 3.05) is 25.0 Å². The third-order valence-electron chi connectivity index (χ3n) is 4.03. The highest BCUT2D eigenvalue weighted by Crippen LogP contribution is 2.28. The summed E-state index contributed by atoms with van der Waals surface area (Å²) in [6.45, 7) is 6.72. The fourth-order valence-corrected chi connectivity index (χ4v) is 2.94. The Bertz CT molecular complexity index is 439. The molecule has 5 nitrogen and oxygen atoms in total. The van der Waals surface area contributed by atoms with E-state index in [9.17, 15) is 5.11 Å². The van der Waals surface area contributed by atoms with Gasteiger partial charge in [0.2, 0.25) is 0 Å². The van der Waals surface area contributed by atoms with Crippen molar-refractivity contribution < 1.29 is 5.11 Å². The van der Waals surface area contributed by atoms with Crippen LogP contribution in [0.4, 0.5) is 5.82 Å². The normalized spacial score (nSPS) is 24.6. The van der Waals surface area contributed by atoms with Crippen LogP contribution in [0.5, 0.6) is 0 Å². The maximum absolute atomic E-state index is 10.2. The van der Waals surface area contributed by atoms with E-state index < -0.39 is 5.60 Å². The van der Waals surface area contributed by atoms with E-state index in [0.29, 0.717) is 0 Å². The highest BCUT2D eigenvalue weighted by Gasteiger charge is 2.27. The van der Waals surface area contributed by atoms with E-state index in [4.69, 9.17) is 0 Å². The SMILES string of the molecule is CNCc1c(C)nn(C)c1N1CCCC(C)(O)CC1. The summed E-state index contributed by atoms with van der Waals surface area (Å²) in [5.74, 6) is 1.20. The second kappa shape index (κ2) is 5.51. The first kappa shape index (κ1) is 14.3. The zero-order valence-corrected chi connectivity index (χ0v) is 12.5. The van der Waals surface area contributed by atoms with Crippen LogP contribution < -0.4 is 10.2 Å². The summed E-state index contributed by atoms with van der Waals surface area (Å²) in [7, 11) is 3.97. The predicted molar refractivity (Wildman–Crippen MR) is 77.4 cm³/mol. The second-order valence-electron chi connectivity index (χ2n) is 5.88. The van der Waals surface area contributed by atoms with Crippen LogP contribution in [0.25, 0.3) is 0 Å². The Morgan fingerprint density at radius 1 is 1.37 bits per heavy atom. The fraction of sp³-hybridized carbons (Fsp3) is 0.786. The predicted octanol–water partition coefficient (Wildman–Crippen LogP) is 1.19. The Labute approximate surface area is 115 Å². The maximum Gasteiger partial charge on any atom is 0.131 e. The Morgan fingerprint density at radius 3 is 2.79 bits per heavy atom. The van der Waals surface area contributed by atoms with Gasteiger partial charge in [-0.25, -0.2) is 0 Å². The largest absolute Gasteiger partial charge is 0.390 e. The number of anilines is 1. The third kappa shape index (κ3) is 3.09. The molecule has 1 aromatic rings. The van der Waals surface area contributed by atoms with E-state index in [1.54, 1.807) is 0 Å². The van der Waals surface area contributed by atoms with E-state index in [1.165, 1.54) is 11.4 Å². The Balaban J connectivity index is 2.26. The highest BCUT2D eigenvalue weighted by molar-refractivity contribution is 5.50. The van der Waals surface area contributed by atoms with Gasteiger partial charge in [0.1, 0.15) is 5.82 Å². The van der Waals surface area contributed by atoms with Crippen molar-refractivity contribution in [2.45, 2.75) is 45.3 Å². The van der Waals surface area contributed by atoms with Crippen LogP contribution in [-0.4, -0.2) is 40.6 Å². The molecular weight excluding hydrogens is 240 g/mol. The quantitative estimate of drug-likeness (QED) is 0.863. The highest BCUT2D eigenvalue weighted by atomic mass is 16.3. The van der Waals surface area contributed by atoms with Crippen LogP contribution >= 0.6 is 0 Å². The summed E-state index contributed by atoms with van der Waals surface area (Å²) in [5.41, 5.74) is 1.83. The Kier molecular flexibility index (Phi) is 4.16. The van der Waals surface area contributed by atoms with Crippen molar-refractivity contribution in [3.8, 4) is 0 Å². The Hall–Kier alpha value is -1.07. The summed E-state index contributed by atoms with van der Waals surface area (Å²) < 4.78 is 1.97. The summed E-state index contributed by atoms with van der Waals surface area (Å²) in [6.07, 6.45) is 2.72. The van der Waals surface area contributed by atoms with Gasteiger partial charge in [0.15, 0.2) is 0 Å². The molecule has 1 fully saturated rings. The number of aryl methyl sites for hydroxylation is 2. The first-order valence-corrected chi connectivity index (χ1v) is 7.09. The van der Waals surface area contributed by atoms with Gasteiger partial charge in [-0.3, -0.25) is 4.68 Å². The molecular formula is C14H26N4O. The molecule has 0 amide bonds. The van der Waals surface area contributed by atoms with Gasteiger partial charge in [-0.15, -0.1) is 0 Å². The first-order valence-electron chi connectivity index (χ1n) is 7.09. The van der Waals surface area contributed by atoms with Gasteiger partial charge >= 0.3 is 0 Å². The number of aliphatic hydroxyl groups is 1. The second-order valence-corrected chi connectivity index (χ2v) is 5.88. The maximum atomic E-state index is 10.2. The molecule has 1 aliphatic heterocycles. The third-order valence-corrected chi connectivity index (χ3v) is 4.03. The van der Waals surface area contributed by atoms with Crippen LogP contribution in [0.15, 0.2) is 0 Å². The van der Waals surface area contributed by atoms with E-state index in [1.807, 2.05) is 25.7 Å². The molecule has 1 aromatic heterocycles. The molecule has 19 heavy (non-hydrogen) atoms. The molecule has 0 aromatic carbocycles. The van der Waals surface area contributed by atoms with E-state index in [2.05, 4.69) is 22.2 Å². The number of nitrogens with zero attached hydrogens (tertiary/aromatic N) is 3. The van der Waals surface area contributed by atoms with Gasteiger partial charge in [0.25, 0.3) is 0 Å². The smallest absolute Gasteiger partial charge is 0.131 e. The minimum Gasteiger partial charge on any atom is -0.390 e. The lowest BCUT2D eigenvalue weighted by Crippen LogP contribution is -2.30. The summed E-state index contributed by atoms with van der Waals surface area (Å²) >= 11 is 0. The van der Waals surface area contributed by atoms with Gasteiger partial charge < -0.3 is 15.3 Å². The van der Waals surface area contributed by atoms with Gasteiger partial charge in [-0.05, 0) is 40.2 Å². The molecule has 5 heteroatoms. The molecule has 1 saturated heterocycles. The first-order chi connectivity index (χ1) is 8.94. The van der Waals surface area contributed by atoms with Crippen molar-refractivity contribution >= 4 is 5.82 Å². The van der Waals surface area contributed by atoms with Crippen molar-refractivity contribution in [1.29, 1.82) is 0 Å². The van der Waals surface area contributed by atoms with Crippen molar-refractivity contribution in [1.82, 2.24) is 15.1 Å². The molecule has 108 valence electrons. The lowest BCUT2D eigenvalue weighted by molar-refractivity contribution is 0.0481. The molecule has 2 rings (SSSR count). The van der Waals surface area contributed by atoms with E-state index in [-0.39, 0.29) is 0 Å². The van der Waals surface area contributed by atoms with Crippen LogP contribution in [0.3, 0.4) is 0 Å². The summed E-state index contributed by atoms with van der Waals surface area (Å²) in [5, 5.41) is 18.0. The minimum atomic E-state index is -0.522. The van der Waals surface area contributed by atoms with Crippen LogP contribution in [0, 0.1) is 6.92 Å². The van der Waals surface area contributed by atoms with Crippen molar-refractivity contribution in [3.63, 3.8) is 0 Å². The lowest BCUT2D eigenvalue weighted by Gasteiger charge is -2.25. The molecule has 0 spiro atoms. The number of hydrogen-bond donors (Lipinski definition) is 2. The van der Waals surface area contributed by atoms with Crippen LogP contribution in [-0.2, 0) is 13.6 Å². The Morgan fingerprint density at radius 2 is 2.11 bits per heavy atom. The van der Waals surface area contributed by atoms with Crippen LogP contribution in [0.1, 0.15) is 37.4 Å².